The number of carbonyl (C=O) groups is 3. The lowest BCUT2D eigenvalue weighted by Gasteiger charge is -2.49. The van der Waals surface area contributed by atoms with Gasteiger partial charge in [-0.05, 0) is 72.1 Å². The predicted octanol–water partition coefficient (Wildman–Crippen LogP) is 7.87. The second-order valence-corrected chi connectivity index (χ2v) is 16.5. The molecule has 6 aromatic carbocycles. The maximum Gasteiger partial charge on any atom is 0.338 e. The normalized spacial score (nSPS) is 24.4. The molecule has 2 fully saturated rings. The van der Waals surface area contributed by atoms with Crippen LogP contribution in [0.5, 0.6) is 5.75 Å². The Labute approximate surface area is 401 Å². The third-order valence-corrected chi connectivity index (χ3v) is 11.7. The molecule has 0 aromatic heterocycles. The highest BCUT2D eigenvalue weighted by Crippen LogP contribution is 2.35. The molecule has 2 saturated heterocycles. The van der Waals surface area contributed by atoms with Crippen LogP contribution in [0.25, 0.3) is 0 Å². The number of benzene rings is 6. The smallest absolute Gasteiger partial charge is 0.338 e. The van der Waals surface area contributed by atoms with Gasteiger partial charge in [-0.2, -0.15) is 0 Å². The number of hydrogen-bond donors (Lipinski definition) is 1. The molecule has 14 heteroatoms. The van der Waals surface area contributed by atoms with Crippen molar-refractivity contribution in [3.8, 4) is 5.75 Å². The van der Waals surface area contributed by atoms with Crippen molar-refractivity contribution in [2.45, 2.75) is 88.1 Å². The summed E-state index contributed by atoms with van der Waals surface area (Å²) in [7, 11) is 1.60. The van der Waals surface area contributed by atoms with Crippen LogP contribution in [-0.2, 0) is 62.5 Å². The molecule has 2 aliphatic heterocycles. The lowest BCUT2D eigenvalue weighted by molar-refractivity contribution is -0.355. The van der Waals surface area contributed by atoms with E-state index in [1.807, 2.05) is 91.9 Å². The second kappa shape index (κ2) is 24.0. The average molecular weight is 938 g/mol. The standard InChI is InChI=1S/C55H55NO13/c1-36-46(61-32-37-18-8-3-9-19-37)49(50(62-33-38-20-10-4-11-21-38)55(65-36)64-34-39-28-30-43(60-2)31-29-39)69-54-45(56)48(68-53(59)42-26-16-7-17-27-42)47(67-52(58)41-24-14-6-15-25-41)44(66-54)35-63-51(57)40-22-12-5-13-23-40/h3-31,36,44-50,54-55H,32-35,56H2,1-2H3/t36-,44+,45-,46-,47+,48+,49+,50+,54-,55+/m0/s1. The Morgan fingerprint density at radius 1 is 0.478 bits per heavy atom. The molecule has 0 bridgehead atoms. The molecule has 6 aromatic rings. The average Bonchev–Trinajstić information content (AvgIpc) is 3.40. The molecule has 0 saturated carbocycles. The molecule has 10 atom stereocenters. The van der Waals surface area contributed by atoms with Gasteiger partial charge in [0.2, 0.25) is 0 Å². The van der Waals surface area contributed by atoms with Crippen LogP contribution in [0.15, 0.2) is 176 Å². The van der Waals surface area contributed by atoms with Gasteiger partial charge >= 0.3 is 17.9 Å². The van der Waals surface area contributed by atoms with Gasteiger partial charge in [-0.3, -0.25) is 0 Å². The number of esters is 3. The monoisotopic (exact) mass is 937 g/mol. The van der Waals surface area contributed by atoms with Crippen molar-refractivity contribution < 1.29 is 61.8 Å². The first-order chi connectivity index (χ1) is 33.7. The zero-order valence-electron chi connectivity index (χ0n) is 38.2. The minimum absolute atomic E-state index is 0.126. The van der Waals surface area contributed by atoms with E-state index in [0.717, 1.165) is 16.7 Å². The maximum absolute atomic E-state index is 14.0. The topological polar surface area (TPSA) is 170 Å². The SMILES string of the molecule is COc1ccc(CO[C@@H]2O[C@@H](C)[C@H](OCc3ccccc3)[C@@H](O[C@@H]3O[C@H](COC(=O)c4ccccc4)[C@@H](OC(=O)c4ccccc4)[C@H](OC(=O)c4ccccc4)[C@@H]3N)[C@H]2OCc2ccccc2)cc1. The Bertz CT molecular complexity index is 2520. The molecule has 14 nitrogen and oxygen atoms in total. The summed E-state index contributed by atoms with van der Waals surface area (Å²) in [6.45, 7) is 1.81. The van der Waals surface area contributed by atoms with Gasteiger partial charge in [-0.15, -0.1) is 0 Å². The van der Waals surface area contributed by atoms with Crippen LogP contribution in [0.4, 0.5) is 0 Å². The molecule has 69 heavy (non-hydrogen) atoms. The molecule has 2 N–H and O–H groups in total. The molecule has 358 valence electrons. The maximum atomic E-state index is 14.0. The molecule has 2 heterocycles. The van der Waals surface area contributed by atoms with Crippen LogP contribution in [0.2, 0.25) is 0 Å². The van der Waals surface area contributed by atoms with E-state index in [4.69, 9.17) is 53.1 Å². The summed E-state index contributed by atoms with van der Waals surface area (Å²) < 4.78 is 64.0. The quantitative estimate of drug-likeness (QED) is 0.0615. The number of nitrogens with two attached hydrogens (primary N) is 1. The summed E-state index contributed by atoms with van der Waals surface area (Å²) in [6, 6.07) is 50.4. The minimum atomic E-state index is -1.44. The Balaban J connectivity index is 1.16. The number of hydrogen-bond acceptors (Lipinski definition) is 14. The van der Waals surface area contributed by atoms with Crippen molar-refractivity contribution >= 4 is 17.9 Å². The number of rotatable bonds is 19. The van der Waals surface area contributed by atoms with Crippen molar-refractivity contribution in [3.05, 3.63) is 209 Å². The Kier molecular flexibility index (Phi) is 16.9. The highest BCUT2D eigenvalue weighted by atomic mass is 16.8. The second-order valence-electron chi connectivity index (χ2n) is 16.5. The first kappa shape index (κ1) is 48.7. The van der Waals surface area contributed by atoms with Crippen LogP contribution >= 0.6 is 0 Å². The van der Waals surface area contributed by atoms with Crippen LogP contribution in [0, 0.1) is 0 Å². The van der Waals surface area contributed by atoms with Gasteiger partial charge in [-0.1, -0.05) is 127 Å². The molecular weight excluding hydrogens is 883 g/mol. The Morgan fingerprint density at radius 2 is 0.928 bits per heavy atom. The lowest BCUT2D eigenvalue weighted by Crippen LogP contribution is -2.68. The van der Waals surface area contributed by atoms with E-state index in [9.17, 15) is 14.4 Å². The summed E-state index contributed by atoms with van der Waals surface area (Å²) in [5.41, 5.74) is 10.5. The van der Waals surface area contributed by atoms with Crippen LogP contribution in [0.1, 0.15) is 54.7 Å². The van der Waals surface area contributed by atoms with Gasteiger partial charge in [0.15, 0.2) is 24.8 Å². The van der Waals surface area contributed by atoms with Gasteiger partial charge in [-0.25, -0.2) is 14.4 Å². The highest BCUT2D eigenvalue weighted by Gasteiger charge is 2.54. The van der Waals surface area contributed by atoms with E-state index >= 15 is 0 Å². The van der Waals surface area contributed by atoms with E-state index in [1.54, 1.807) is 98.1 Å². The summed E-state index contributed by atoms with van der Waals surface area (Å²) in [4.78, 5) is 41.4. The summed E-state index contributed by atoms with van der Waals surface area (Å²) >= 11 is 0. The molecule has 0 spiro atoms. The summed E-state index contributed by atoms with van der Waals surface area (Å²) in [5.74, 6) is -1.48. The van der Waals surface area contributed by atoms with Gasteiger partial charge < -0.3 is 53.1 Å². The summed E-state index contributed by atoms with van der Waals surface area (Å²) in [6.07, 6.45) is -10.1. The molecule has 0 unspecified atom stereocenters. The zero-order chi connectivity index (χ0) is 48.0. The van der Waals surface area contributed by atoms with Crippen molar-refractivity contribution in [2.75, 3.05) is 13.7 Å². The van der Waals surface area contributed by atoms with Gasteiger partial charge in [0, 0.05) is 0 Å². The van der Waals surface area contributed by atoms with Gasteiger partial charge in [0.1, 0.15) is 36.8 Å². The Morgan fingerprint density at radius 3 is 1.45 bits per heavy atom. The van der Waals surface area contributed by atoms with Gasteiger partial charge in [0.05, 0.1) is 55.8 Å². The molecular formula is C55H55NO13. The number of methoxy groups -OCH3 is 1. The fraction of sp³-hybridized carbons (Fsp3) is 0.291. The first-order valence-corrected chi connectivity index (χ1v) is 22.8. The third kappa shape index (κ3) is 12.9. The minimum Gasteiger partial charge on any atom is -0.497 e. The van der Waals surface area contributed by atoms with E-state index < -0.39 is 85.9 Å². The van der Waals surface area contributed by atoms with Crippen molar-refractivity contribution in [1.82, 2.24) is 0 Å². The number of carbonyl (C=O) groups excluding carboxylic acids is 3. The molecule has 2 aliphatic rings. The molecule has 0 radical (unpaired) electrons. The van der Waals surface area contributed by atoms with Crippen molar-refractivity contribution in [1.29, 1.82) is 0 Å². The van der Waals surface area contributed by atoms with E-state index in [2.05, 4.69) is 0 Å². The predicted molar refractivity (Wildman–Crippen MR) is 252 cm³/mol. The first-order valence-electron chi connectivity index (χ1n) is 22.8. The van der Waals surface area contributed by atoms with Crippen LogP contribution in [-0.4, -0.2) is 93.0 Å². The van der Waals surface area contributed by atoms with Crippen LogP contribution in [0.3, 0.4) is 0 Å². The molecule has 0 amide bonds. The van der Waals surface area contributed by atoms with E-state index in [1.165, 1.54) is 0 Å². The van der Waals surface area contributed by atoms with Crippen LogP contribution < -0.4 is 10.5 Å². The third-order valence-electron chi connectivity index (χ3n) is 11.7. The Hall–Kier alpha value is -6.75. The highest BCUT2D eigenvalue weighted by molar-refractivity contribution is 5.91. The lowest BCUT2D eigenvalue weighted by atomic mass is 9.95. The fourth-order valence-corrected chi connectivity index (χ4v) is 8.08. The number of ether oxygens (including phenoxy) is 10. The molecule has 0 aliphatic carbocycles. The fourth-order valence-electron chi connectivity index (χ4n) is 8.08. The molecule has 8 rings (SSSR count). The summed E-state index contributed by atoms with van der Waals surface area (Å²) in [5, 5.41) is 0. The largest absolute Gasteiger partial charge is 0.497 e. The van der Waals surface area contributed by atoms with E-state index in [-0.39, 0.29) is 36.5 Å². The zero-order valence-corrected chi connectivity index (χ0v) is 38.2. The van der Waals surface area contributed by atoms with Crippen molar-refractivity contribution in [3.63, 3.8) is 0 Å². The van der Waals surface area contributed by atoms with Crippen molar-refractivity contribution in [2.24, 2.45) is 5.73 Å². The van der Waals surface area contributed by atoms with E-state index in [0.29, 0.717) is 5.75 Å². The van der Waals surface area contributed by atoms with Gasteiger partial charge in [0.25, 0.3) is 0 Å².